The van der Waals surface area contributed by atoms with E-state index in [0.29, 0.717) is 29.5 Å². The molecule has 62 heavy (non-hydrogen) atoms. The molecule has 6 heterocycles. The van der Waals surface area contributed by atoms with Crippen molar-refractivity contribution >= 4 is 34.2 Å². The number of likely N-dealkylation sites (tertiary alicyclic amines) is 1. The van der Waals surface area contributed by atoms with Gasteiger partial charge in [-0.2, -0.15) is 0 Å². The van der Waals surface area contributed by atoms with Crippen molar-refractivity contribution in [2.24, 2.45) is 5.92 Å². The molecule has 15 nitrogen and oxygen atoms in total. The zero-order chi connectivity index (χ0) is 43.5. The zero-order valence-electron chi connectivity index (χ0n) is 35.9. The number of fused-ring (bicyclic) bond motifs is 1. The van der Waals surface area contributed by atoms with Crippen molar-refractivity contribution in [3.05, 3.63) is 95.0 Å². The lowest BCUT2D eigenvalue weighted by molar-refractivity contribution is -0.141. The highest BCUT2D eigenvalue weighted by Gasteiger charge is 2.44. The quantitative estimate of drug-likeness (QED) is 0.0873. The third kappa shape index (κ3) is 9.53. The Morgan fingerprint density at radius 1 is 1.03 bits per heavy atom. The summed E-state index contributed by atoms with van der Waals surface area (Å²) in [6, 6.07) is 20.1. The fourth-order valence-electron chi connectivity index (χ4n) is 8.56. The maximum absolute atomic E-state index is 14.2. The predicted molar refractivity (Wildman–Crippen MR) is 236 cm³/mol. The highest BCUT2D eigenvalue weighted by Crippen LogP contribution is 2.34. The van der Waals surface area contributed by atoms with Crippen molar-refractivity contribution in [1.29, 1.82) is 0 Å². The first-order valence-corrected chi connectivity index (χ1v) is 22.2. The molecule has 8 rings (SSSR count). The first-order valence-electron chi connectivity index (χ1n) is 21.3. The molecular formula is C46H55N9O6S. The van der Waals surface area contributed by atoms with Crippen LogP contribution in [0.5, 0.6) is 11.6 Å². The number of aliphatic hydroxyl groups is 1. The van der Waals surface area contributed by atoms with Crippen LogP contribution in [0.1, 0.15) is 69.2 Å². The van der Waals surface area contributed by atoms with Gasteiger partial charge in [-0.3, -0.25) is 14.5 Å². The van der Waals surface area contributed by atoms with E-state index in [1.165, 1.54) is 4.90 Å². The van der Waals surface area contributed by atoms with Gasteiger partial charge in [-0.25, -0.2) is 4.98 Å². The van der Waals surface area contributed by atoms with Crippen LogP contribution in [-0.2, 0) is 21.7 Å². The number of phenols is 1. The lowest BCUT2D eigenvalue weighted by Gasteiger charge is -2.34. The Labute approximate surface area is 365 Å². The molecule has 16 heteroatoms. The highest BCUT2D eigenvalue weighted by molar-refractivity contribution is 7.13. The number of aromatic nitrogens is 5. The Morgan fingerprint density at radius 2 is 1.79 bits per heavy atom. The molecule has 2 aliphatic heterocycles. The number of hydrogen-bond donors (Lipinski definition) is 4. The van der Waals surface area contributed by atoms with E-state index < -0.39 is 23.6 Å². The van der Waals surface area contributed by atoms with E-state index in [2.05, 4.69) is 46.5 Å². The Kier molecular flexibility index (Phi) is 12.7. The zero-order valence-corrected chi connectivity index (χ0v) is 36.7. The van der Waals surface area contributed by atoms with Crippen LogP contribution in [0.15, 0.2) is 76.8 Å². The van der Waals surface area contributed by atoms with Gasteiger partial charge in [0.15, 0.2) is 11.4 Å². The number of hydrogen-bond acceptors (Lipinski definition) is 13. The molecule has 4 N–H and O–H groups in total. The molecule has 0 unspecified atom stereocenters. The van der Waals surface area contributed by atoms with Crippen LogP contribution in [0.2, 0.25) is 0 Å². The smallest absolute Gasteiger partial charge is 0.254 e. The Morgan fingerprint density at radius 3 is 2.52 bits per heavy atom. The minimum atomic E-state index is -0.841. The second kappa shape index (κ2) is 18.3. The topological polar surface area (TPSA) is 186 Å². The normalized spacial score (nSPS) is 18.1. The van der Waals surface area contributed by atoms with Crippen molar-refractivity contribution in [1.82, 2.24) is 45.3 Å². The minimum absolute atomic E-state index is 0.0517. The van der Waals surface area contributed by atoms with E-state index in [-0.39, 0.29) is 36.4 Å². The summed E-state index contributed by atoms with van der Waals surface area (Å²) < 4.78 is 11.7. The maximum Gasteiger partial charge on any atom is 0.254 e. The number of rotatable bonds is 15. The standard InChI is InChI=1S/C46H55N9O6S/c1-28(2)41(45(59)55-26-34(56)23-37(55)44(58)49-46(4,5)32-13-11-30(12-14-32)42-29(3)47-27-62-42)39-24-40(52-61-39)60-20-8-15-53-16-18-54(19-17-53)25-33-21-31-22-36(50-51-43(31)48-33)35-9-6-7-10-38(35)57/h6-7,9-14,21-22,24,27-28,34,37,41,56-57H,8,15-20,23,25-26H2,1-5H3,(H,48,51)(H,49,58)/t34-,37+,41-/m1/s1. The van der Waals surface area contributed by atoms with Crippen LogP contribution in [0.25, 0.3) is 32.7 Å². The average molecular weight is 862 g/mol. The van der Waals surface area contributed by atoms with Gasteiger partial charge in [0.2, 0.25) is 11.8 Å². The number of H-pyrrole nitrogens is 1. The average Bonchev–Trinajstić information content (AvgIpc) is 4.07. The molecule has 4 aromatic heterocycles. The molecule has 6 aromatic rings. The van der Waals surface area contributed by atoms with Crippen LogP contribution in [0, 0.1) is 12.8 Å². The number of nitrogens with one attached hydrogen (secondary N) is 2. The minimum Gasteiger partial charge on any atom is -0.507 e. The number of thiazole rings is 1. The molecule has 0 saturated carbocycles. The number of aromatic hydroxyl groups is 1. The van der Waals surface area contributed by atoms with E-state index in [1.54, 1.807) is 29.5 Å². The largest absolute Gasteiger partial charge is 0.507 e. The molecule has 2 saturated heterocycles. The Hall–Kier alpha value is -5.68. The van der Waals surface area contributed by atoms with Crippen LogP contribution in [-0.4, -0.2) is 120 Å². The molecular weight excluding hydrogens is 807 g/mol. The van der Waals surface area contributed by atoms with Gasteiger partial charge in [-0.15, -0.1) is 21.5 Å². The van der Waals surface area contributed by atoms with E-state index in [0.717, 1.165) is 84.1 Å². The summed E-state index contributed by atoms with van der Waals surface area (Å²) in [5.74, 6) is -0.647. The fourth-order valence-corrected chi connectivity index (χ4v) is 9.37. The molecule has 0 bridgehead atoms. The summed E-state index contributed by atoms with van der Waals surface area (Å²) in [6.45, 7) is 15.6. The summed E-state index contributed by atoms with van der Waals surface area (Å²) in [7, 11) is 0. The van der Waals surface area contributed by atoms with E-state index in [4.69, 9.17) is 9.26 Å². The first kappa shape index (κ1) is 43.0. The second-order valence-electron chi connectivity index (χ2n) is 17.3. The van der Waals surface area contributed by atoms with Crippen LogP contribution < -0.4 is 10.1 Å². The Bertz CT molecular complexity index is 2490. The molecule has 2 aromatic carbocycles. The van der Waals surface area contributed by atoms with E-state index in [9.17, 15) is 19.8 Å². The fraction of sp³-hybridized carbons (Fsp3) is 0.435. The first-order chi connectivity index (χ1) is 29.8. The number of piperazine rings is 1. The molecule has 0 spiro atoms. The molecule has 0 aliphatic carbocycles. The summed E-state index contributed by atoms with van der Waals surface area (Å²) in [6.07, 6.45) is 0.111. The van der Waals surface area contributed by atoms with Gasteiger partial charge in [0.1, 0.15) is 17.7 Å². The number of β-amino-alcohol motifs (C(OH)–C–C–N with tert-alkyl or cyclic N) is 1. The molecule has 3 atom stereocenters. The van der Waals surface area contributed by atoms with Gasteiger partial charge in [0, 0.05) is 74.9 Å². The summed E-state index contributed by atoms with van der Waals surface area (Å²) in [5, 5.41) is 37.9. The van der Waals surface area contributed by atoms with Crippen molar-refractivity contribution in [2.45, 2.75) is 77.6 Å². The SMILES string of the molecule is Cc1ncsc1-c1ccc(C(C)(C)NC(=O)[C@@H]2C[C@@H](O)CN2C(=O)[C@@H](c2cc(OCCCN3CCN(Cc4cc5cc(-c6ccccc6O)nnc5[nH]4)CC3)no2)C(C)C)cc1. The van der Waals surface area contributed by atoms with Crippen molar-refractivity contribution in [3.63, 3.8) is 0 Å². The summed E-state index contributed by atoms with van der Waals surface area (Å²) in [5.41, 5.74) is 7.15. The van der Waals surface area contributed by atoms with Crippen LogP contribution in [0.3, 0.4) is 0 Å². The van der Waals surface area contributed by atoms with Gasteiger partial charge in [0.05, 0.1) is 40.0 Å². The maximum atomic E-state index is 14.2. The van der Waals surface area contributed by atoms with E-state index >= 15 is 0 Å². The van der Waals surface area contributed by atoms with Crippen LogP contribution in [0.4, 0.5) is 0 Å². The number of ether oxygens (including phenoxy) is 1. The third-order valence-electron chi connectivity index (χ3n) is 12.0. The number of aryl methyl sites for hydroxylation is 1. The second-order valence-corrected chi connectivity index (χ2v) is 18.2. The monoisotopic (exact) mass is 861 g/mol. The van der Waals surface area contributed by atoms with Gasteiger partial charge in [0.25, 0.3) is 5.88 Å². The van der Waals surface area contributed by atoms with Gasteiger partial charge in [-0.05, 0) is 73.7 Å². The number of aliphatic hydroxyl groups excluding tert-OH is 1. The lowest BCUT2D eigenvalue weighted by atomic mass is 9.91. The summed E-state index contributed by atoms with van der Waals surface area (Å²) >= 11 is 1.59. The number of benzene rings is 2. The molecule has 326 valence electrons. The number of carbonyl (C=O) groups excluding carboxylic acids is 2. The number of phenolic OH excluding ortho intramolecular Hbond substituents is 1. The number of para-hydroxylation sites is 1. The van der Waals surface area contributed by atoms with Crippen molar-refractivity contribution < 1.29 is 29.1 Å². The molecule has 2 amide bonds. The molecule has 2 fully saturated rings. The van der Waals surface area contributed by atoms with Crippen LogP contribution >= 0.6 is 11.3 Å². The molecule has 0 radical (unpaired) electrons. The van der Waals surface area contributed by atoms with Gasteiger partial charge in [-0.1, -0.05) is 50.2 Å². The number of aromatic amines is 1. The number of carbonyl (C=O) groups is 2. The van der Waals surface area contributed by atoms with Gasteiger partial charge >= 0.3 is 0 Å². The highest BCUT2D eigenvalue weighted by atomic mass is 32.1. The lowest BCUT2D eigenvalue weighted by Crippen LogP contribution is -2.52. The van der Waals surface area contributed by atoms with Crippen molar-refractivity contribution in [2.75, 3.05) is 45.9 Å². The molecule has 2 aliphatic rings. The number of amides is 2. The number of nitrogens with zero attached hydrogens (tertiary/aromatic N) is 7. The van der Waals surface area contributed by atoms with Crippen molar-refractivity contribution in [3.8, 4) is 33.3 Å². The van der Waals surface area contributed by atoms with E-state index in [1.807, 2.05) is 82.6 Å². The predicted octanol–water partition coefficient (Wildman–Crippen LogP) is 6.09. The third-order valence-corrected chi connectivity index (χ3v) is 13.0. The Balaban J connectivity index is 0.801. The van der Waals surface area contributed by atoms with Gasteiger partial charge < -0.3 is 39.6 Å². The summed E-state index contributed by atoms with van der Waals surface area (Å²) in [4.78, 5) is 43.3.